The number of carbonyl (C=O) groups is 2. The Balaban J connectivity index is 1.10. The topological polar surface area (TPSA) is 172 Å². The van der Waals surface area contributed by atoms with Crippen molar-refractivity contribution in [1.82, 2.24) is 0 Å². The summed E-state index contributed by atoms with van der Waals surface area (Å²) in [6, 6.07) is 0. The van der Waals surface area contributed by atoms with Crippen molar-refractivity contribution in [2.24, 2.45) is 34.5 Å². The van der Waals surface area contributed by atoms with Crippen molar-refractivity contribution < 1.29 is 54.1 Å². The molecule has 256 valence electrons. The molecular weight excluding hydrogens is 596 g/mol. The zero-order valence-corrected chi connectivity index (χ0v) is 27.4. The maximum absolute atomic E-state index is 13.5. The lowest BCUT2D eigenvalue weighted by Gasteiger charge is -2.54. The molecule has 5 N–H and O–H groups in total. The van der Waals surface area contributed by atoms with E-state index in [9.17, 15) is 35.1 Å². The van der Waals surface area contributed by atoms with Gasteiger partial charge in [0, 0.05) is 5.92 Å². The Kier molecular flexibility index (Phi) is 7.97. The third-order valence-corrected chi connectivity index (χ3v) is 13.4. The highest BCUT2D eigenvalue weighted by Gasteiger charge is 2.69. The maximum atomic E-state index is 13.5. The van der Waals surface area contributed by atoms with Gasteiger partial charge in [0.2, 0.25) is 0 Å². The number of aliphatic hydroxyl groups is 5. The number of hydrogen-bond donors (Lipinski definition) is 5. The molecule has 11 heteroatoms. The molecule has 0 aromatic rings. The van der Waals surface area contributed by atoms with Crippen LogP contribution in [0, 0.1) is 34.5 Å². The van der Waals surface area contributed by atoms with Crippen LogP contribution >= 0.6 is 0 Å². The van der Waals surface area contributed by atoms with Crippen LogP contribution < -0.4 is 0 Å². The largest absolute Gasteiger partial charge is 0.456 e. The first kappa shape index (κ1) is 32.8. The summed E-state index contributed by atoms with van der Waals surface area (Å²) in [5, 5.41) is 51.9. The van der Waals surface area contributed by atoms with Gasteiger partial charge < -0.3 is 44.5 Å². The van der Waals surface area contributed by atoms with Gasteiger partial charge in [-0.3, -0.25) is 9.59 Å². The van der Waals surface area contributed by atoms with Crippen LogP contribution in [-0.2, 0) is 28.5 Å². The minimum Gasteiger partial charge on any atom is -0.456 e. The van der Waals surface area contributed by atoms with Crippen LogP contribution in [0.3, 0.4) is 0 Å². The Hall–Kier alpha value is -1.70. The first-order chi connectivity index (χ1) is 21.7. The number of ether oxygens (including phenoxy) is 4. The molecule has 3 saturated heterocycles. The van der Waals surface area contributed by atoms with Crippen molar-refractivity contribution >= 4 is 11.8 Å². The fourth-order valence-electron chi connectivity index (χ4n) is 10.6. The van der Waals surface area contributed by atoms with E-state index in [-0.39, 0.29) is 34.9 Å². The number of allylic oxidation sites excluding steroid dienone is 3. The molecular formula is C35H50O11. The van der Waals surface area contributed by atoms with Gasteiger partial charge in [-0.05, 0) is 85.7 Å². The van der Waals surface area contributed by atoms with Crippen molar-refractivity contribution in [3.05, 3.63) is 22.8 Å². The quantitative estimate of drug-likeness (QED) is 0.266. The highest BCUT2D eigenvalue weighted by atomic mass is 16.7. The Morgan fingerprint density at radius 3 is 2.48 bits per heavy atom. The van der Waals surface area contributed by atoms with E-state index >= 15 is 0 Å². The van der Waals surface area contributed by atoms with Gasteiger partial charge in [-0.25, -0.2) is 0 Å². The lowest BCUT2D eigenvalue weighted by Crippen LogP contribution is -2.60. The van der Waals surface area contributed by atoms with Gasteiger partial charge in [-0.1, -0.05) is 39.3 Å². The Morgan fingerprint density at radius 1 is 1.07 bits per heavy atom. The normalized spacial score (nSPS) is 49.4. The second-order valence-electron chi connectivity index (χ2n) is 15.8. The zero-order chi connectivity index (χ0) is 33.1. The molecule has 46 heavy (non-hydrogen) atoms. The van der Waals surface area contributed by atoms with E-state index in [1.807, 2.05) is 0 Å². The van der Waals surface area contributed by atoms with E-state index in [1.165, 1.54) is 23.6 Å². The van der Waals surface area contributed by atoms with E-state index in [0.29, 0.717) is 5.92 Å². The van der Waals surface area contributed by atoms with Gasteiger partial charge in [0.15, 0.2) is 23.8 Å². The summed E-state index contributed by atoms with van der Waals surface area (Å²) in [7, 11) is 0. The van der Waals surface area contributed by atoms with Crippen molar-refractivity contribution in [3.63, 3.8) is 0 Å². The fraction of sp³-hybridized carbons (Fsp3) is 0.829. The number of esters is 1. The van der Waals surface area contributed by atoms with Crippen LogP contribution in [0.2, 0.25) is 0 Å². The van der Waals surface area contributed by atoms with E-state index in [2.05, 4.69) is 19.9 Å². The fourth-order valence-corrected chi connectivity index (χ4v) is 10.6. The smallest absolute Gasteiger partial charge is 0.312 e. The van der Waals surface area contributed by atoms with Crippen LogP contribution in [0.1, 0.15) is 79.6 Å². The molecule has 0 spiro atoms. The van der Waals surface area contributed by atoms with E-state index < -0.39 is 72.7 Å². The van der Waals surface area contributed by atoms with Crippen molar-refractivity contribution in [3.8, 4) is 0 Å². The van der Waals surface area contributed by atoms with Crippen LogP contribution in [0.15, 0.2) is 22.8 Å². The second kappa shape index (κ2) is 11.2. The zero-order valence-electron chi connectivity index (χ0n) is 27.4. The Labute approximate surface area is 269 Å². The maximum Gasteiger partial charge on any atom is 0.312 e. The van der Waals surface area contributed by atoms with Crippen LogP contribution in [0.25, 0.3) is 0 Å². The number of ketones is 1. The number of rotatable bonds is 6. The monoisotopic (exact) mass is 646 g/mol. The Bertz CT molecular complexity index is 1340. The first-order valence-electron chi connectivity index (χ1n) is 17.2. The minimum atomic E-state index is -1.80. The molecule has 4 fully saturated rings. The predicted octanol–water partition coefficient (Wildman–Crippen LogP) is 1.71. The van der Waals surface area contributed by atoms with Crippen molar-refractivity contribution in [2.75, 3.05) is 6.61 Å². The SMILES string of the molecule is CC(=O)[C@](O)(C(C)C)[C@H]1OC(=O)[C@@H]2[C@H]1O[C@H]1C=C3C4=C(CC[C@]3(C)[C@@H]21)[C@@]1(C)CC[C@H](O[C@@H]2O[C@H](CO)[C@@H](O)[C@H](O)[C@H]2O)C[C@@H]1CC4. The van der Waals surface area contributed by atoms with Crippen LogP contribution in [-0.4, -0.2) is 105 Å². The first-order valence-corrected chi connectivity index (χ1v) is 17.2. The standard InChI is InChI=1S/C35H50O11/c1-15(2)35(42,16(3)37)30-29-24(31(41)46-30)25-22(44-29)13-21-19-7-6-17-12-18(8-10-33(17,4)20(19)9-11-34(21,25)5)43-32-28(40)27(39)26(38)23(14-36)45-32/h13,15,17-18,22-30,32,36,38-40,42H,6-12,14H2,1-5H3/t17-,18-,22-,23+,24-,25+,26+,27-,28+,29+,30-,32+,33-,34-,35+/m0/s1. The second-order valence-corrected chi connectivity index (χ2v) is 15.8. The molecule has 7 aliphatic rings. The summed E-state index contributed by atoms with van der Waals surface area (Å²) >= 11 is 0. The summed E-state index contributed by atoms with van der Waals surface area (Å²) in [5.74, 6) is -1.55. The van der Waals surface area contributed by atoms with Crippen molar-refractivity contribution in [2.45, 2.75) is 140 Å². The number of hydrogen-bond acceptors (Lipinski definition) is 11. The number of carbonyl (C=O) groups excluding carboxylic acids is 2. The highest BCUT2D eigenvalue weighted by Crippen LogP contribution is 2.67. The van der Waals surface area contributed by atoms with Gasteiger partial charge in [-0.15, -0.1) is 0 Å². The molecule has 4 aliphatic carbocycles. The van der Waals surface area contributed by atoms with E-state index in [1.54, 1.807) is 13.8 Å². The summed E-state index contributed by atoms with van der Waals surface area (Å²) in [5.41, 5.74) is 2.04. The summed E-state index contributed by atoms with van der Waals surface area (Å²) in [6.45, 7) is 8.99. The third-order valence-electron chi connectivity index (χ3n) is 13.4. The number of fused-ring (bicyclic) bond motifs is 8. The average molecular weight is 647 g/mol. The van der Waals surface area contributed by atoms with Crippen molar-refractivity contribution in [1.29, 1.82) is 0 Å². The number of Topliss-reactive ketones (excluding diaryl/α,β-unsaturated/α-hetero) is 1. The molecule has 11 nitrogen and oxygen atoms in total. The van der Waals surface area contributed by atoms with Gasteiger partial charge in [-0.2, -0.15) is 0 Å². The highest BCUT2D eigenvalue weighted by molar-refractivity contribution is 5.88. The molecule has 0 unspecified atom stereocenters. The average Bonchev–Trinajstić information content (AvgIpc) is 3.64. The molecule has 3 heterocycles. The lowest BCUT2D eigenvalue weighted by molar-refractivity contribution is -0.315. The molecule has 7 rings (SSSR count). The minimum absolute atomic E-state index is 0.0291. The summed E-state index contributed by atoms with van der Waals surface area (Å²) in [4.78, 5) is 26.1. The third kappa shape index (κ3) is 4.45. The van der Waals surface area contributed by atoms with E-state index in [4.69, 9.17) is 18.9 Å². The van der Waals surface area contributed by atoms with Gasteiger partial charge in [0.1, 0.15) is 30.5 Å². The molecule has 1 saturated carbocycles. The van der Waals surface area contributed by atoms with Crippen LogP contribution in [0.4, 0.5) is 0 Å². The predicted molar refractivity (Wildman–Crippen MR) is 162 cm³/mol. The van der Waals surface area contributed by atoms with Crippen LogP contribution in [0.5, 0.6) is 0 Å². The molecule has 0 amide bonds. The molecule has 0 aromatic carbocycles. The Morgan fingerprint density at radius 2 is 1.80 bits per heavy atom. The van der Waals surface area contributed by atoms with E-state index in [0.717, 1.165) is 44.9 Å². The molecule has 0 bridgehead atoms. The van der Waals surface area contributed by atoms with Gasteiger partial charge in [0.05, 0.1) is 24.7 Å². The molecule has 15 atom stereocenters. The number of cyclic esters (lactones) is 1. The molecule has 0 radical (unpaired) electrons. The molecule has 0 aromatic heterocycles. The lowest BCUT2D eigenvalue weighted by atomic mass is 9.51. The summed E-state index contributed by atoms with van der Waals surface area (Å²) < 4.78 is 24.2. The molecule has 3 aliphatic heterocycles. The summed E-state index contributed by atoms with van der Waals surface area (Å²) in [6.07, 6.45) is -0.290. The van der Waals surface area contributed by atoms with Gasteiger partial charge >= 0.3 is 5.97 Å². The number of aliphatic hydroxyl groups excluding tert-OH is 4. The van der Waals surface area contributed by atoms with Gasteiger partial charge in [0.25, 0.3) is 0 Å².